The van der Waals surface area contributed by atoms with Gasteiger partial charge in [-0.2, -0.15) is 0 Å². The summed E-state index contributed by atoms with van der Waals surface area (Å²) < 4.78 is 0. The summed E-state index contributed by atoms with van der Waals surface area (Å²) in [5.74, 6) is 0.249. The minimum absolute atomic E-state index is 0.249. The van der Waals surface area contributed by atoms with E-state index in [9.17, 15) is 4.79 Å². The third-order valence-electron chi connectivity index (χ3n) is 1.83. The molecular weight excluding hydrogens is 150 g/mol. The fourth-order valence-corrected chi connectivity index (χ4v) is 1.05. The van der Waals surface area contributed by atoms with Crippen LogP contribution in [0.2, 0.25) is 0 Å². The van der Waals surface area contributed by atoms with Crippen LogP contribution in [0.4, 0.5) is 0 Å². The minimum Gasteiger partial charge on any atom is -0.339 e. The van der Waals surface area contributed by atoms with Crippen LogP contribution in [-0.4, -0.2) is 23.9 Å². The maximum absolute atomic E-state index is 11.4. The Balaban J connectivity index is 3.76. The standard InChI is InChI=1S/C10H19NO/c1-4-7-8-10(12)11(6-3)9-5-2/h5H,2,4,6-9H2,1,3H3. The van der Waals surface area contributed by atoms with Crippen LogP contribution in [0.25, 0.3) is 0 Å². The van der Waals surface area contributed by atoms with Gasteiger partial charge in [-0.3, -0.25) is 4.79 Å². The molecule has 0 saturated carbocycles. The van der Waals surface area contributed by atoms with E-state index in [0.717, 1.165) is 19.4 Å². The van der Waals surface area contributed by atoms with Crippen LogP contribution in [0, 0.1) is 0 Å². The van der Waals surface area contributed by atoms with Gasteiger partial charge in [0.2, 0.25) is 5.91 Å². The van der Waals surface area contributed by atoms with Gasteiger partial charge in [-0.05, 0) is 13.3 Å². The summed E-state index contributed by atoms with van der Waals surface area (Å²) in [5.41, 5.74) is 0. The smallest absolute Gasteiger partial charge is 0.222 e. The van der Waals surface area contributed by atoms with Gasteiger partial charge in [0.1, 0.15) is 0 Å². The fraction of sp³-hybridized carbons (Fsp3) is 0.700. The van der Waals surface area contributed by atoms with Crippen molar-refractivity contribution in [2.24, 2.45) is 0 Å². The second-order valence-corrected chi connectivity index (χ2v) is 2.82. The molecule has 12 heavy (non-hydrogen) atoms. The molecule has 0 unspecified atom stereocenters. The number of likely N-dealkylation sites (N-methyl/N-ethyl adjacent to an activating group) is 1. The Labute approximate surface area is 75.3 Å². The molecule has 0 aliphatic carbocycles. The van der Waals surface area contributed by atoms with E-state index in [1.54, 1.807) is 6.08 Å². The molecular formula is C10H19NO. The van der Waals surface area contributed by atoms with Gasteiger partial charge in [0, 0.05) is 19.5 Å². The molecule has 0 N–H and O–H groups in total. The Morgan fingerprint density at radius 2 is 2.17 bits per heavy atom. The van der Waals surface area contributed by atoms with Crippen molar-refractivity contribution in [3.8, 4) is 0 Å². The van der Waals surface area contributed by atoms with Crippen molar-refractivity contribution in [1.29, 1.82) is 0 Å². The lowest BCUT2D eigenvalue weighted by Gasteiger charge is -2.18. The number of rotatable bonds is 6. The van der Waals surface area contributed by atoms with E-state index >= 15 is 0 Å². The number of carbonyl (C=O) groups excluding carboxylic acids is 1. The van der Waals surface area contributed by atoms with Gasteiger partial charge in [0.15, 0.2) is 0 Å². The topological polar surface area (TPSA) is 20.3 Å². The summed E-state index contributed by atoms with van der Waals surface area (Å²) in [4.78, 5) is 13.2. The molecule has 70 valence electrons. The van der Waals surface area contributed by atoms with Crippen molar-refractivity contribution in [2.45, 2.75) is 33.1 Å². The summed E-state index contributed by atoms with van der Waals surface area (Å²) in [7, 11) is 0. The highest BCUT2D eigenvalue weighted by Gasteiger charge is 2.07. The van der Waals surface area contributed by atoms with E-state index in [1.165, 1.54) is 0 Å². The predicted molar refractivity (Wildman–Crippen MR) is 52.0 cm³/mol. The summed E-state index contributed by atoms with van der Waals surface area (Å²) >= 11 is 0. The Hall–Kier alpha value is -0.790. The van der Waals surface area contributed by atoms with Gasteiger partial charge in [-0.15, -0.1) is 6.58 Å². The fourth-order valence-electron chi connectivity index (χ4n) is 1.05. The number of carbonyl (C=O) groups is 1. The molecule has 0 rings (SSSR count). The zero-order valence-electron chi connectivity index (χ0n) is 8.18. The molecule has 0 bridgehead atoms. The average Bonchev–Trinajstić information content (AvgIpc) is 2.10. The molecule has 0 fully saturated rings. The van der Waals surface area contributed by atoms with Crippen LogP contribution in [0.5, 0.6) is 0 Å². The number of amides is 1. The molecule has 0 aliphatic heterocycles. The first-order valence-corrected chi connectivity index (χ1v) is 4.64. The van der Waals surface area contributed by atoms with Crippen molar-refractivity contribution in [3.05, 3.63) is 12.7 Å². The first kappa shape index (κ1) is 11.2. The molecule has 1 amide bonds. The van der Waals surface area contributed by atoms with E-state index in [-0.39, 0.29) is 5.91 Å². The lowest BCUT2D eigenvalue weighted by Crippen LogP contribution is -2.30. The third kappa shape index (κ3) is 4.16. The number of hydrogen-bond donors (Lipinski definition) is 0. The molecule has 2 heteroatoms. The molecule has 0 atom stereocenters. The first-order chi connectivity index (χ1) is 5.76. The average molecular weight is 169 g/mol. The van der Waals surface area contributed by atoms with E-state index in [0.29, 0.717) is 13.0 Å². The van der Waals surface area contributed by atoms with E-state index < -0.39 is 0 Å². The third-order valence-corrected chi connectivity index (χ3v) is 1.83. The lowest BCUT2D eigenvalue weighted by molar-refractivity contribution is -0.130. The van der Waals surface area contributed by atoms with E-state index in [1.807, 2.05) is 11.8 Å². The molecule has 0 radical (unpaired) electrons. The Morgan fingerprint density at radius 1 is 1.50 bits per heavy atom. The molecule has 0 saturated heterocycles. The van der Waals surface area contributed by atoms with Gasteiger partial charge < -0.3 is 4.90 Å². The van der Waals surface area contributed by atoms with Crippen molar-refractivity contribution in [3.63, 3.8) is 0 Å². The van der Waals surface area contributed by atoms with Crippen molar-refractivity contribution in [2.75, 3.05) is 13.1 Å². The van der Waals surface area contributed by atoms with Gasteiger partial charge >= 0.3 is 0 Å². The predicted octanol–water partition coefficient (Wildman–Crippen LogP) is 2.21. The van der Waals surface area contributed by atoms with Crippen LogP contribution < -0.4 is 0 Å². The number of nitrogens with zero attached hydrogens (tertiary/aromatic N) is 1. The summed E-state index contributed by atoms with van der Waals surface area (Å²) in [5, 5.41) is 0. The van der Waals surface area contributed by atoms with Crippen molar-refractivity contribution >= 4 is 5.91 Å². The summed E-state index contributed by atoms with van der Waals surface area (Å²) in [6.07, 6.45) is 4.52. The van der Waals surface area contributed by atoms with Gasteiger partial charge in [-0.1, -0.05) is 19.4 Å². The highest BCUT2D eigenvalue weighted by atomic mass is 16.2. The van der Waals surface area contributed by atoms with Crippen molar-refractivity contribution < 1.29 is 4.79 Å². The van der Waals surface area contributed by atoms with Gasteiger partial charge in [0.25, 0.3) is 0 Å². The SMILES string of the molecule is C=CCN(CC)C(=O)CCCC. The van der Waals surface area contributed by atoms with Crippen LogP contribution in [0.15, 0.2) is 12.7 Å². The van der Waals surface area contributed by atoms with Crippen LogP contribution >= 0.6 is 0 Å². The molecule has 0 aliphatic rings. The highest BCUT2D eigenvalue weighted by molar-refractivity contribution is 5.76. The molecule has 0 spiro atoms. The zero-order valence-corrected chi connectivity index (χ0v) is 8.18. The number of hydrogen-bond acceptors (Lipinski definition) is 1. The van der Waals surface area contributed by atoms with E-state index in [4.69, 9.17) is 0 Å². The van der Waals surface area contributed by atoms with Crippen LogP contribution in [0.3, 0.4) is 0 Å². The summed E-state index contributed by atoms with van der Waals surface area (Å²) in [6, 6.07) is 0. The molecule has 2 nitrogen and oxygen atoms in total. The monoisotopic (exact) mass is 169 g/mol. The molecule has 0 aromatic rings. The Morgan fingerprint density at radius 3 is 2.58 bits per heavy atom. The Bertz CT molecular complexity index is 143. The van der Waals surface area contributed by atoms with E-state index in [2.05, 4.69) is 13.5 Å². The van der Waals surface area contributed by atoms with Gasteiger partial charge in [0.05, 0.1) is 0 Å². The molecule has 0 heterocycles. The van der Waals surface area contributed by atoms with Crippen LogP contribution in [-0.2, 0) is 4.79 Å². The molecule has 0 aromatic heterocycles. The number of unbranched alkanes of at least 4 members (excludes halogenated alkanes) is 1. The highest BCUT2D eigenvalue weighted by Crippen LogP contribution is 2.00. The van der Waals surface area contributed by atoms with Crippen LogP contribution in [0.1, 0.15) is 33.1 Å². The molecule has 0 aromatic carbocycles. The maximum atomic E-state index is 11.4. The first-order valence-electron chi connectivity index (χ1n) is 4.64. The quantitative estimate of drug-likeness (QED) is 0.558. The summed E-state index contributed by atoms with van der Waals surface area (Å²) in [6.45, 7) is 9.17. The zero-order chi connectivity index (χ0) is 9.40. The lowest BCUT2D eigenvalue weighted by atomic mass is 10.2. The maximum Gasteiger partial charge on any atom is 0.222 e. The minimum atomic E-state index is 0.249. The van der Waals surface area contributed by atoms with Crippen molar-refractivity contribution in [1.82, 2.24) is 4.90 Å². The second kappa shape index (κ2) is 6.89. The normalized spacial score (nSPS) is 9.50. The largest absolute Gasteiger partial charge is 0.339 e. The second-order valence-electron chi connectivity index (χ2n) is 2.82. The Kier molecular flexibility index (Phi) is 6.44. The van der Waals surface area contributed by atoms with Gasteiger partial charge in [-0.25, -0.2) is 0 Å².